The summed E-state index contributed by atoms with van der Waals surface area (Å²) in [6.45, 7) is 0.135. The molecule has 0 aliphatic heterocycles. The summed E-state index contributed by atoms with van der Waals surface area (Å²) in [5, 5.41) is 5.32. The van der Waals surface area contributed by atoms with E-state index < -0.39 is 0 Å². The molecule has 0 radical (unpaired) electrons. The number of halogens is 1. The first-order valence-corrected chi connectivity index (χ1v) is 4.90. The number of nitrogens with two attached hydrogens (primary N) is 1. The molecule has 0 bridgehead atoms. The van der Waals surface area contributed by atoms with Gasteiger partial charge in [-0.05, 0) is 15.9 Å². The Bertz CT molecular complexity index is 357. The second-order valence-electron chi connectivity index (χ2n) is 2.56. The number of amides is 1. The van der Waals surface area contributed by atoms with Gasteiger partial charge < -0.3 is 16.1 Å². The number of nitrogen functional groups attached to an aromatic ring is 1. The van der Waals surface area contributed by atoms with Crippen molar-refractivity contribution in [2.75, 3.05) is 24.3 Å². The number of hydrogen-bond donors (Lipinski definition) is 4. The Morgan fingerprint density at radius 3 is 2.80 bits per heavy atom. The normalized spacial score (nSPS) is 9.53. The van der Waals surface area contributed by atoms with E-state index >= 15 is 0 Å². The molecule has 1 amide bonds. The third-order valence-corrected chi connectivity index (χ3v) is 2.37. The molecule has 0 fully saturated rings. The summed E-state index contributed by atoms with van der Waals surface area (Å²) in [5.41, 5.74) is 2.40. The lowest BCUT2D eigenvalue weighted by Crippen LogP contribution is -2.26. The molecule has 8 heteroatoms. The fourth-order valence-corrected chi connectivity index (χ4v) is 1.31. The van der Waals surface area contributed by atoms with E-state index in [4.69, 9.17) is 5.84 Å². The average molecular weight is 275 g/mol. The number of nitrogens with zero attached hydrogens (tertiary/aromatic N) is 2. The molecule has 0 aliphatic rings. The Morgan fingerprint density at radius 2 is 2.20 bits per heavy atom. The fourth-order valence-electron chi connectivity index (χ4n) is 0.846. The molecule has 15 heavy (non-hydrogen) atoms. The molecule has 0 aromatic carbocycles. The molecular weight excluding hydrogens is 264 g/mol. The lowest BCUT2D eigenvalue weighted by molar-refractivity contribution is -0.118. The summed E-state index contributed by atoms with van der Waals surface area (Å²) in [7, 11) is 1.56. The molecule has 0 saturated heterocycles. The first kappa shape index (κ1) is 11.7. The van der Waals surface area contributed by atoms with E-state index in [1.807, 2.05) is 0 Å². The van der Waals surface area contributed by atoms with E-state index in [1.165, 1.54) is 6.33 Å². The number of likely N-dealkylation sites (N-methyl/N-ethyl adjacent to an activating group) is 1. The minimum absolute atomic E-state index is 0.135. The van der Waals surface area contributed by atoms with Crippen molar-refractivity contribution in [1.82, 2.24) is 15.3 Å². The standard InChI is InChI=1S/C7H11BrN6O/c1-10-4(15)2-11-6-5(8)7(14-9)13-3-12-6/h3H,2,9H2,1H3,(H,10,15)(H2,11,12,13,14). The quantitative estimate of drug-likeness (QED) is 0.443. The highest BCUT2D eigenvalue weighted by atomic mass is 79.9. The topological polar surface area (TPSA) is 105 Å². The van der Waals surface area contributed by atoms with Crippen LogP contribution in [-0.2, 0) is 4.79 Å². The number of hydrogen-bond acceptors (Lipinski definition) is 6. The Morgan fingerprint density at radius 1 is 1.53 bits per heavy atom. The van der Waals surface area contributed by atoms with Crippen molar-refractivity contribution < 1.29 is 4.79 Å². The van der Waals surface area contributed by atoms with Crippen molar-refractivity contribution in [2.24, 2.45) is 5.84 Å². The molecule has 0 atom stereocenters. The predicted octanol–water partition coefficient (Wildman–Crippen LogP) is -0.317. The minimum atomic E-state index is -0.136. The molecule has 0 spiro atoms. The summed E-state index contributed by atoms with van der Waals surface area (Å²) >= 11 is 3.25. The SMILES string of the molecule is CNC(=O)CNc1ncnc(NN)c1Br. The van der Waals surface area contributed by atoms with Gasteiger partial charge in [-0.3, -0.25) is 4.79 Å². The van der Waals surface area contributed by atoms with E-state index in [9.17, 15) is 4.79 Å². The molecule has 0 aliphatic carbocycles. The number of nitrogens with one attached hydrogen (secondary N) is 3. The smallest absolute Gasteiger partial charge is 0.239 e. The minimum Gasteiger partial charge on any atom is -0.360 e. The number of carbonyl (C=O) groups excluding carboxylic acids is 1. The Kier molecular flexibility index (Phi) is 4.25. The van der Waals surface area contributed by atoms with E-state index in [-0.39, 0.29) is 12.5 Å². The van der Waals surface area contributed by atoms with Gasteiger partial charge in [-0.2, -0.15) is 0 Å². The molecule has 1 rings (SSSR count). The van der Waals surface area contributed by atoms with Crippen LogP contribution in [0, 0.1) is 0 Å². The van der Waals surface area contributed by atoms with Crippen LogP contribution in [0.25, 0.3) is 0 Å². The molecule has 7 nitrogen and oxygen atoms in total. The molecular formula is C7H11BrN6O. The van der Waals surface area contributed by atoms with E-state index in [0.29, 0.717) is 16.1 Å². The molecule has 1 aromatic rings. The maximum absolute atomic E-state index is 11.0. The highest BCUT2D eigenvalue weighted by Crippen LogP contribution is 2.25. The Labute approximate surface area is 95.0 Å². The summed E-state index contributed by atoms with van der Waals surface area (Å²) in [6.07, 6.45) is 1.34. The first-order chi connectivity index (χ1) is 7.19. The average Bonchev–Trinajstić information content (AvgIpc) is 2.27. The van der Waals surface area contributed by atoms with Gasteiger partial charge in [0.2, 0.25) is 5.91 Å². The summed E-state index contributed by atoms with van der Waals surface area (Å²) in [5.74, 6) is 6.04. The van der Waals surface area contributed by atoms with Crippen LogP contribution in [0.2, 0.25) is 0 Å². The summed E-state index contributed by atoms with van der Waals surface area (Å²) in [6, 6.07) is 0. The van der Waals surface area contributed by atoms with Crippen LogP contribution < -0.4 is 21.9 Å². The van der Waals surface area contributed by atoms with Gasteiger partial charge in [0.1, 0.15) is 16.6 Å². The van der Waals surface area contributed by atoms with Crippen molar-refractivity contribution in [3.63, 3.8) is 0 Å². The second kappa shape index (κ2) is 5.47. The monoisotopic (exact) mass is 274 g/mol. The van der Waals surface area contributed by atoms with Crippen molar-refractivity contribution in [3.8, 4) is 0 Å². The Hall–Kier alpha value is -1.41. The molecule has 1 heterocycles. The fraction of sp³-hybridized carbons (Fsp3) is 0.286. The zero-order chi connectivity index (χ0) is 11.3. The zero-order valence-electron chi connectivity index (χ0n) is 8.04. The molecule has 0 unspecified atom stereocenters. The van der Waals surface area contributed by atoms with Crippen LogP contribution in [-0.4, -0.2) is 29.5 Å². The van der Waals surface area contributed by atoms with E-state index in [0.717, 1.165) is 0 Å². The van der Waals surface area contributed by atoms with E-state index in [2.05, 4.69) is 42.0 Å². The van der Waals surface area contributed by atoms with Crippen LogP contribution in [0.3, 0.4) is 0 Å². The van der Waals surface area contributed by atoms with Gasteiger partial charge in [0.05, 0.1) is 6.54 Å². The molecule has 82 valence electrons. The lowest BCUT2D eigenvalue weighted by atomic mass is 10.5. The van der Waals surface area contributed by atoms with Gasteiger partial charge in [-0.1, -0.05) is 0 Å². The number of rotatable bonds is 4. The van der Waals surface area contributed by atoms with E-state index in [1.54, 1.807) is 7.05 Å². The third-order valence-electron chi connectivity index (χ3n) is 1.62. The molecule has 5 N–H and O–H groups in total. The van der Waals surface area contributed by atoms with Crippen molar-refractivity contribution >= 4 is 33.5 Å². The number of carbonyl (C=O) groups is 1. The highest BCUT2D eigenvalue weighted by Gasteiger charge is 2.07. The maximum Gasteiger partial charge on any atom is 0.239 e. The predicted molar refractivity (Wildman–Crippen MR) is 60.1 cm³/mol. The summed E-state index contributed by atoms with van der Waals surface area (Å²) in [4.78, 5) is 18.8. The highest BCUT2D eigenvalue weighted by molar-refractivity contribution is 9.10. The van der Waals surface area contributed by atoms with Crippen molar-refractivity contribution in [2.45, 2.75) is 0 Å². The zero-order valence-corrected chi connectivity index (χ0v) is 9.63. The van der Waals surface area contributed by atoms with Gasteiger partial charge in [0.25, 0.3) is 0 Å². The summed E-state index contributed by atoms with van der Waals surface area (Å²) < 4.78 is 0.580. The van der Waals surface area contributed by atoms with Crippen LogP contribution >= 0.6 is 15.9 Å². The van der Waals surface area contributed by atoms with Crippen molar-refractivity contribution in [1.29, 1.82) is 0 Å². The van der Waals surface area contributed by atoms with Crippen molar-refractivity contribution in [3.05, 3.63) is 10.8 Å². The van der Waals surface area contributed by atoms with Gasteiger partial charge in [0, 0.05) is 7.05 Å². The Balaban J connectivity index is 2.73. The number of aromatic nitrogens is 2. The van der Waals surface area contributed by atoms with Crippen LogP contribution in [0.5, 0.6) is 0 Å². The molecule has 1 aromatic heterocycles. The maximum atomic E-state index is 11.0. The third kappa shape index (κ3) is 3.03. The first-order valence-electron chi connectivity index (χ1n) is 4.10. The van der Waals surface area contributed by atoms with Gasteiger partial charge in [0.15, 0.2) is 5.82 Å². The van der Waals surface area contributed by atoms with Crippen LogP contribution in [0.15, 0.2) is 10.8 Å². The number of anilines is 2. The van der Waals surface area contributed by atoms with Gasteiger partial charge in [-0.25, -0.2) is 15.8 Å². The van der Waals surface area contributed by atoms with Gasteiger partial charge in [-0.15, -0.1) is 0 Å². The number of hydrazine groups is 1. The second-order valence-corrected chi connectivity index (χ2v) is 3.35. The lowest BCUT2D eigenvalue weighted by Gasteiger charge is -2.08. The van der Waals surface area contributed by atoms with Crippen LogP contribution in [0.4, 0.5) is 11.6 Å². The van der Waals surface area contributed by atoms with Gasteiger partial charge >= 0.3 is 0 Å². The molecule has 0 saturated carbocycles. The van der Waals surface area contributed by atoms with Crippen LogP contribution in [0.1, 0.15) is 0 Å². The largest absolute Gasteiger partial charge is 0.360 e.